The lowest BCUT2D eigenvalue weighted by molar-refractivity contribution is 0.0988. The number of nitrogens with one attached hydrogen (secondary N) is 1. The summed E-state index contributed by atoms with van der Waals surface area (Å²) in [5.41, 5.74) is 2.92. The molecule has 0 aliphatic heterocycles. The van der Waals surface area contributed by atoms with Gasteiger partial charge in [-0.05, 0) is 42.8 Å². The monoisotopic (exact) mass is 348 g/mol. The van der Waals surface area contributed by atoms with Crippen LogP contribution < -0.4 is 15.0 Å². The SMILES string of the molecule is COc1ccc(C)cc1Nc1nccc(C(=O)N(C)c2ccccc2)n1. The van der Waals surface area contributed by atoms with Gasteiger partial charge in [0.1, 0.15) is 11.4 Å². The van der Waals surface area contributed by atoms with E-state index in [1.54, 1.807) is 31.3 Å². The number of rotatable bonds is 5. The first kappa shape index (κ1) is 17.4. The van der Waals surface area contributed by atoms with Crippen molar-refractivity contribution in [3.05, 3.63) is 72.1 Å². The molecular weight excluding hydrogens is 328 g/mol. The van der Waals surface area contributed by atoms with Crippen LogP contribution >= 0.6 is 0 Å². The summed E-state index contributed by atoms with van der Waals surface area (Å²) in [4.78, 5) is 22.8. The predicted molar refractivity (Wildman–Crippen MR) is 102 cm³/mol. The summed E-state index contributed by atoms with van der Waals surface area (Å²) < 4.78 is 5.35. The van der Waals surface area contributed by atoms with E-state index >= 15 is 0 Å². The van der Waals surface area contributed by atoms with Crippen molar-refractivity contribution in [2.24, 2.45) is 0 Å². The van der Waals surface area contributed by atoms with E-state index in [1.165, 1.54) is 0 Å². The second-order valence-electron chi connectivity index (χ2n) is 5.79. The summed E-state index contributed by atoms with van der Waals surface area (Å²) in [6, 6.07) is 16.8. The van der Waals surface area contributed by atoms with Crippen LogP contribution in [0.5, 0.6) is 5.75 Å². The number of carbonyl (C=O) groups excluding carboxylic acids is 1. The molecular formula is C20H20N4O2. The van der Waals surface area contributed by atoms with Crippen LogP contribution in [0.4, 0.5) is 17.3 Å². The van der Waals surface area contributed by atoms with Crippen molar-refractivity contribution >= 4 is 23.2 Å². The van der Waals surface area contributed by atoms with Gasteiger partial charge in [0.2, 0.25) is 5.95 Å². The molecule has 132 valence electrons. The average Bonchev–Trinajstić information content (AvgIpc) is 2.68. The maximum absolute atomic E-state index is 12.7. The number of aromatic nitrogens is 2. The Morgan fingerprint density at radius 3 is 2.62 bits per heavy atom. The highest BCUT2D eigenvalue weighted by Gasteiger charge is 2.16. The Hall–Kier alpha value is -3.41. The molecule has 0 aliphatic rings. The van der Waals surface area contributed by atoms with Crippen molar-refractivity contribution in [2.75, 3.05) is 24.4 Å². The summed E-state index contributed by atoms with van der Waals surface area (Å²) in [6.45, 7) is 1.99. The lowest BCUT2D eigenvalue weighted by Gasteiger charge is -2.17. The van der Waals surface area contributed by atoms with Crippen molar-refractivity contribution in [1.82, 2.24) is 9.97 Å². The maximum Gasteiger partial charge on any atom is 0.276 e. The fourth-order valence-electron chi connectivity index (χ4n) is 2.52. The highest BCUT2D eigenvalue weighted by molar-refractivity contribution is 6.04. The van der Waals surface area contributed by atoms with E-state index in [9.17, 15) is 4.79 Å². The zero-order chi connectivity index (χ0) is 18.5. The van der Waals surface area contributed by atoms with Crippen LogP contribution in [-0.4, -0.2) is 30.0 Å². The molecule has 1 heterocycles. The number of hydrogen-bond acceptors (Lipinski definition) is 5. The summed E-state index contributed by atoms with van der Waals surface area (Å²) in [7, 11) is 3.32. The molecule has 0 atom stereocenters. The Morgan fingerprint density at radius 2 is 1.88 bits per heavy atom. The van der Waals surface area contributed by atoms with E-state index in [-0.39, 0.29) is 5.91 Å². The Labute approximate surface area is 152 Å². The molecule has 1 amide bonds. The van der Waals surface area contributed by atoms with Crippen molar-refractivity contribution in [1.29, 1.82) is 0 Å². The minimum Gasteiger partial charge on any atom is -0.495 e. The Kier molecular flexibility index (Phi) is 5.12. The average molecular weight is 348 g/mol. The number of para-hydroxylation sites is 1. The van der Waals surface area contributed by atoms with Crippen molar-refractivity contribution in [3.63, 3.8) is 0 Å². The second-order valence-corrected chi connectivity index (χ2v) is 5.79. The summed E-state index contributed by atoms with van der Waals surface area (Å²) in [6.07, 6.45) is 1.56. The van der Waals surface area contributed by atoms with Gasteiger partial charge < -0.3 is 15.0 Å². The molecule has 1 aromatic heterocycles. The molecule has 0 saturated heterocycles. The smallest absolute Gasteiger partial charge is 0.276 e. The number of aryl methyl sites for hydroxylation is 1. The van der Waals surface area contributed by atoms with Gasteiger partial charge in [-0.1, -0.05) is 24.3 Å². The minimum absolute atomic E-state index is 0.210. The van der Waals surface area contributed by atoms with E-state index < -0.39 is 0 Å². The lowest BCUT2D eigenvalue weighted by atomic mass is 10.2. The van der Waals surface area contributed by atoms with Crippen LogP contribution in [0.2, 0.25) is 0 Å². The van der Waals surface area contributed by atoms with E-state index in [0.29, 0.717) is 17.4 Å². The molecule has 1 N–H and O–H groups in total. The summed E-state index contributed by atoms with van der Waals surface area (Å²) in [5.74, 6) is 0.802. The number of benzene rings is 2. The molecule has 26 heavy (non-hydrogen) atoms. The molecule has 0 saturated carbocycles. The Morgan fingerprint density at radius 1 is 1.12 bits per heavy atom. The van der Waals surface area contributed by atoms with Crippen LogP contribution in [-0.2, 0) is 0 Å². The van der Waals surface area contributed by atoms with Crippen LogP contribution in [0.15, 0.2) is 60.8 Å². The molecule has 0 fully saturated rings. The third kappa shape index (κ3) is 3.80. The normalized spacial score (nSPS) is 10.3. The molecule has 0 radical (unpaired) electrons. The number of anilines is 3. The van der Waals surface area contributed by atoms with E-state index in [0.717, 1.165) is 16.9 Å². The van der Waals surface area contributed by atoms with Gasteiger partial charge in [0.15, 0.2) is 0 Å². The topological polar surface area (TPSA) is 67.3 Å². The van der Waals surface area contributed by atoms with Gasteiger partial charge >= 0.3 is 0 Å². The molecule has 0 aliphatic carbocycles. The number of nitrogens with zero attached hydrogens (tertiary/aromatic N) is 3. The van der Waals surface area contributed by atoms with Crippen molar-refractivity contribution in [2.45, 2.75) is 6.92 Å². The van der Waals surface area contributed by atoms with E-state index in [1.807, 2.05) is 55.5 Å². The number of ether oxygens (including phenoxy) is 1. The number of methoxy groups -OCH3 is 1. The van der Waals surface area contributed by atoms with Gasteiger partial charge in [0.25, 0.3) is 5.91 Å². The lowest BCUT2D eigenvalue weighted by Crippen LogP contribution is -2.27. The van der Waals surface area contributed by atoms with Crippen molar-refractivity contribution < 1.29 is 9.53 Å². The highest BCUT2D eigenvalue weighted by atomic mass is 16.5. The maximum atomic E-state index is 12.7. The third-order valence-corrected chi connectivity index (χ3v) is 3.92. The third-order valence-electron chi connectivity index (χ3n) is 3.92. The van der Waals surface area contributed by atoms with Gasteiger partial charge in [-0.25, -0.2) is 9.97 Å². The zero-order valence-corrected chi connectivity index (χ0v) is 14.9. The zero-order valence-electron chi connectivity index (χ0n) is 14.9. The number of carbonyl (C=O) groups is 1. The Balaban J connectivity index is 1.85. The molecule has 2 aromatic carbocycles. The van der Waals surface area contributed by atoms with Gasteiger partial charge in [-0.3, -0.25) is 4.79 Å². The Bertz CT molecular complexity index is 913. The number of hydrogen-bond donors (Lipinski definition) is 1. The highest BCUT2D eigenvalue weighted by Crippen LogP contribution is 2.27. The first-order valence-corrected chi connectivity index (χ1v) is 8.16. The summed E-state index contributed by atoms with van der Waals surface area (Å²) >= 11 is 0. The largest absolute Gasteiger partial charge is 0.495 e. The van der Waals surface area contributed by atoms with Gasteiger partial charge in [-0.15, -0.1) is 0 Å². The molecule has 6 nitrogen and oxygen atoms in total. The van der Waals surface area contributed by atoms with Crippen LogP contribution in [0.1, 0.15) is 16.1 Å². The van der Waals surface area contributed by atoms with Gasteiger partial charge in [0, 0.05) is 18.9 Å². The molecule has 6 heteroatoms. The first-order chi connectivity index (χ1) is 12.6. The van der Waals surface area contributed by atoms with Crippen molar-refractivity contribution in [3.8, 4) is 5.75 Å². The predicted octanol–water partition coefficient (Wildman–Crippen LogP) is 3.81. The fourth-order valence-corrected chi connectivity index (χ4v) is 2.52. The summed E-state index contributed by atoms with van der Waals surface area (Å²) in [5, 5.41) is 3.12. The van der Waals surface area contributed by atoms with Crippen LogP contribution in [0.3, 0.4) is 0 Å². The van der Waals surface area contributed by atoms with Crippen LogP contribution in [0.25, 0.3) is 0 Å². The van der Waals surface area contributed by atoms with E-state index in [2.05, 4.69) is 15.3 Å². The van der Waals surface area contributed by atoms with Crippen LogP contribution in [0, 0.1) is 6.92 Å². The molecule has 0 bridgehead atoms. The molecule has 3 rings (SSSR count). The number of amides is 1. The minimum atomic E-state index is -0.210. The second kappa shape index (κ2) is 7.65. The van der Waals surface area contributed by atoms with Gasteiger partial charge in [0.05, 0.1) is 12.8 Å². The standard InChI is InChI=1S/C20H20N4O2/c1-14-9-10-18(26-3)17(13-14)23-20-21-12-11-16(22-20)19(25)24(2)15-7-5-4-6-8-15/h4-13H,1-3H3,(H,21,22,23). The quantitative estimate of drug-likeness (QED) is 0.759. The first-order valence-electron chi connectivity index (χ1n) is 8.16. The molecule has 0 unspecified atom stereocenters. The van der Waals surface area contributed by atoms with Gasteiger partial charge in [-0.2, -0.15) is 0 Å². The van der Waals surface area contributed by atoms with E-state index in [4.69, 9.17) is 4.74 Å². The molecule has 3 aromatic rings. The fraction of sp³-hybridized carbons (Fsp3) is 0.150. The molecule has 0 spiro atoms.